The Hall–Kier alpha value is -2.12. The van der Waals surface area contributed by atoms with Crippen molar-refractivity contribution in [3.05, 3.63) is 29.8 Å². The smallest absolute Gasteiger partial charge is 0.306 e. The molecule has 0 spiro atoms. The number of rotatable bonds is 7. The molecule has 156 valence electrons. The fourth-order valence-corrected chi connectivity index (χ4v) is 3.76. The Kier molecular flexibility index (Phi) is 7.43. The zero-order valence-electron chi connectivity index (χ0n) is 17.8. The van der Waals surface area contributed by atoms with Crippen molar-refractivity contribution < 1.29 is 23.7 Å². The maximum Gasteiger partial charge on any atom is 0.306 e. The van der Waals surface area contributed by atoms with Crippen LogP contribution in [0, 0.1) is 5.92 Å². The van der Waals surface area contributed by atoms with Gasteiger partial charge in [0.05, 0.1) is 39.8 Å². The molecule has 2 rings (SSSR count). The van der Waals surface area contributed by atoms with Gasteiger partial charge >= 0.3 is 5.97 Å². The lowest BCUT2D eigenvalue weighted by Crippen LogP contribution is -2.65. The first-order valence-electron chi connectivity index (χ1n) is 9.44. The van der Waals surface area contributed by atoms with Crippen molar-refractivity contribution in [1.29, 1.82) is 0 Å². The van der Waals surface area contributed by atoms with Crippen molar-refractivity contribution >= 4 is 11.9 Å². The van der Waals surface area contributed by atoms with Crippen LogP contribution in [0.15, 0.2) is 29.3 Å². The molecule has 4 atom stereocenters. The van der Waals surface area contributed by atoms with Crippen LogP contribution in [0.1, 0.15) is 38.7 Å². The predicted octanol–water partition coefficient (Wildman–Crippen LogP) is 2.75. The number of carbonyl (C=O) groups excluding carboxylic acids is 1. The zero-order chi connectivity index (χ0) is 20.9. The minimum absolute atomic E-state index is 0.127. The van der Waals surface area contributed by atoms with Crippen LogP contribution < -0.4 is 10.1 Å². The van der Waals surface area contributed by atoms with E-state index in [4.69, 9.17) is 23.9 Å². The van der Waals surface area contributed by atoms with Crippen LogP contribution in [0.2, 0.25) is 0 Å². The first-order valence-corrected chi connectivity index (χ1v) is 9.44. The van der Waals surface area contributed by atoms with E-state index in [2.05, 4.69) is 19.2 Å². The largest absolute Gasteiger partial charge is 0.497 e. The summed E-state index contributed by atoms with van der Waals surface area (Å²) in [5.41, 5.74) is 0.261. The summed E-state index contributed by atoms with van der Waals surface area (Å²) >= 11 is 0. The van der Waals surface area contributed by atoms with Gasteiger partial charge in [-0.2, -0.15) is 0 Å². The summed E-state index contributed by atoms with van der Waals surface area (Å²) in [6.07, 6.45) is 0.176. The van der Waals surface area contributed by atoms with Crippen molar-refractivity contribution in [2.75, 3.05) is 28.4 Å². The quantitative estimate of drug-likeness (QED) is 0.719. The number of hydrogen-bond acceptors (Lipinski definition) is 7. The molecular weight excluding hydrogens is 360 g/mol. The normalized spacial score (nSPS) is 25.8. The summed E-state index contributed by atoms with van der Waals surface area (Å²) in [6, 6.07) is 7.16. The molecule has 1 heterocycles. The first-order chi connectivity index (χ1) is 13.3. The molecule has 3 unspecified atom stereocenters. The average Bonchev–Trinajstić information content (AvgIpc) is 2.71. The lowest BCUT2D eigenvalue weighted by atomic mass is 9.83. The predicted molar refractivity (Wildman–Crippen MR) is 108 cm³/mol. The average molecular weight is 392 g/mol. The number of hydrogen-bond donors (Lipinski definition) is 1. The number of benzene rings is 1. The van der Waals surface area contributed by atoms with Gasteiger partial charge in [-0.3, -0.25) is 10.1 Å². The van der Waals surface area contributed by atoms with Gasteiger partial charge in [0.15, 0.2) is 0 Å². The third kappa shape index (κ3) is 4.64. The molecule has 1 aromatic carbocycles. The van der Waals surface area contributed by atoms with Crippen molar-refractivity contribution in [2.24, 2.45) is 10.9 Å². The minimum Gasteiger partial charge on any atom is -0.497 e. The van der Waals surface area contributed by atoms with Crippen LogP contribution >= 0.6 is 0 Å². The summed E-state index contributed by atoms with van der Waals surface area (Å²) in [6.45, 7) is 6.16. The number of nitrogens with zero attached hydrogens (tertiary/aromatic N) is 1. The van der Waals surface area contributed by atoms with Crippen LogP contribution in [0.5, 0.6) is 5.75 Å². The van der Waals surface area contributed by atoms with E-state index in [-0.39, 0.29) is 36.3 Å². The third-order valence-corrected chi connectivity index (χ3v) is 5.36. The highest BCUT2D eigenvalue weighted by Gasteiger charge is 2.46. The summed E-state index contributed by atoms with van der Waals surface area (Å²) < 4.78 is 21.7. The lowest BCUT2D eigenvalue weighted by Gasteiger charge is -2.45. The Morgan fingerprint density at radius 1 is 1.14 bits per heavy atom. The second-order valence-corrected chi connectivity index (χ2v) is 7.45. The van der Waals surface area contributed by atoms with Crippen LogP contribution in [-0.4, -0.2) is 58.1 Å². The summed E-state index contributed by atoms with van der Waals surface area (Å²) in [5.74, 6) is 0.990. The molecule has 0 amide bonds. The molecule has 0 bridgehead atoms. The molecule has 28 heavy (non-hydrogen) atoms. The van der Waals surface area contributed by atoms with Gasteiger partial charge in [-0.1, -0.05) is 26.0 Å². The number of methoxy groups -OCH3 is 4. The summed E-state index contributed by atoms with van der Waals surface area (Å²) in [5, 5.41) is 3.55. The molecule has 0 fully saturated rings. The second-order valence-electron chi connectivity index (χ2n) is 7.45. The molecule has 1 aliphatic rings. The molecule has 1 aromatic rings. The molecule has 7 nitrogen and oxygen atoms in total. The highest BCUT2D eigenvalue weighted by molar-refractivity contribution is 5.85. The zero-order valence-corrected chi connectivity index (χ0v) is 17.8. The monoisotopic (exact) mass is 392 g/mol. The number of ether oxygens (including phenoxy) is 4. The van der Waals surface area contributed by atoms with Crippen LogP contribution in [-0.2, 0) is 19.0 Å². The molecule has 7 heteroatoms. The molecule has 0 aromatic heterocycles. The maximum atomic E-state index is 12.2. The Bertz CT molecular complexity index is 689. The molecule has 1 N–H and O–H groups in total. The second kappa shape index (κ2) is 9.39. The van der Waals surface area contributed by atoms with E-state index in [0.717, 1.165) is 11.3 Å². The van der Waals surface area contributed by atoms with Crippen LogP contribution in [0.3, 0.4) is 0 Å². The van der Waals surface area contributed by atoms with Crippen LogP contribution in [0.4, 0.5) is 0 Å². The van der Waals surface area contributed by atoms with E-state index in [0.29, 0.717) is 5.90 Å². The Morgan fingerprint density at radius 2 is 1.79 bits per heavy atom. The van der Waals surface area contributed by atoms with E-state index < -0.39 is 5.72 Å². The lowest BCUT2D eigenvalue weighted by molar-refractivity contribution is -0.141. The van der Waals surface area contributed by atoms with Gasteiger partial charge < -0.3 is 18.9 Å². The molecule has 0 radical (unpaired) electrons. The highest BCUT2D eigenvalue weighted by atomic mass is 16.5. The number of nitrogens with one attached hydrogen (secondary N) is 1. The minimum atomic E-state index is -0.693. The van der Waals surface area contributed by atoms with E-state index in [1.165, 1.54) is 7.11 Å². The van der Waals surface area contributed by atoms with E-state index in [9.17, 15) is 4.79 Å². The molecule has 1 aliphatic heterocycles. The number of carbonyl (C=O) groups is 1. The van der Waals surface area contributed by atoms with Crippen LogP contribution in [0.25, 0.3) is 0 Å². The van der Waals surface area contributed by atoms with Crippen molar-refractivity contribution in [3.8, 4) is 5.75 Å². The third-order valence-electron chi connectivity index (χ3n) is 5.36. The fraction of sp³-hybridized carbons (Fsp3) is 0.619. The van der Waals surface area contributed by atoms with E-state index >= 15 is 0 Å². The molecule has 0 saturated heterocycles. The standard InChI is InChI=1S/C21H32N2O5/c1-13(2)19-21(3,28-7)23-18(20(22-19)27-6)16(12-17(24)26-5)14-8-10-15(25-4)11-9-14/h8-11,13,16,18-19,23H,12H2,1-7H3/t16-,18?,19?,21?/m1/s1. The van der Waals surface area contributed by atoms with Gasteiger partial charge in [-0.15, -0.1) is 0 Å². The van der Waals surface area contributed by atoms with Gasteiger partial charge in [-0.25, -0.2) is 4.99 Å². The fourth-order valence-electron chi connectivity index (χ4n) is 3.76. The Morgan fingerprint density at radius 3 is 2.25 bits per heavy atom. The van der Waals surface area contributed by atoms with Crippen molar-refractivity contribution in [3.63, 3.8) is 0 Å². The first kappa shape index (κ1) is 22.2. The molecular formula is C21H32N2O5. The Labute approximate surface area is 167 Å². The van der Waals surface area contributed by atoms with Crippen molar-refractivity contribution in [2.45, 2.75) is 50.9 Å². The van der Waals surface area contributed by atoms with E-state index in [1.54, 1.807) is 21.3 Å². The molecule has 0 aliphatic carbocycles. The van der Waals surface area contributed by atoms with Crippen molar-refractivity contribution in [1.82, 2.24) is 5.32 Å². The SMILES string of the molecule is COC(=O)C[C@H](c1ccc(OC)cc1)C1NC(C)(OC)C(C(C)C)N=C1OC. The van der Waals surface area contributed by atoms with E-state index in [1.807, 2.05) is 31.2 Å². The number of esters is 1. The van der Waals surface area contributed by atoms with Gasteiger partial charge in [0.1, 0.15) is 11.5 Å². The van der Waals surface area contributed by atoms with Gasteiger partial charge in [0, 0.05) is 13.0 Å². The highest BCUT2D eigenvalue weighted by Crippen LogP contribution is 2.34. The Balaban J connectivity index is 2.49. The maximum absolute atomic E-state index is 12.2. The van der Waals surface area contributed by atoms with Gasteiger partial charge in [0.2, 0.25) is 5.90 Å². The summed E-state index contributed by atoms with van der Waals surface area (Å²) in [7, 11) is 6.27. The van der Waals surface area contributed by atoms with Gasteiger partial charge in [0.25, 0.3) is 0 Å². The topological polar surface area (TPSA) is 78.4 Å². The molecule has 0 saturated carbocycles. The summed E-state index contributed by atoms with van der Waals surface area (Å²) in [4.78, 5) is 17.0. The number of aliphatic imine (C=N–C) groups is 1. The van der Waals surface area contributed by atoms with Gasteiger partial charge in [-0.05, 0) is 30.5 Å².